The minimum Gasteiger partial charge on any atom is -0.336 e. The number of hydrogen-bond acceptors (Lipinski definition) is 3. The number of nitrogens with zero attached hydrogens (tertiary/aromatic N) is 3. The molecule has 4 nitrogen and oxygen atoms in total. The van der Waals surface area contributed by atoms with Crippen LogP contribution in [0.5, 0.6) is 0 Å². The van der Waals surface area contributed by atoms with Crippen molar-refractivity contribution in [1.29, 1.82) is 0 Å². The number of aromatic amines is 1. The van der Waals surface area contributed by atoms with Crippen LogP contribution in [0, 0.1) is 5.92 Å². The van der Waals surface area contributed by atoms with Gasteiger partial charge in [0.2, 0.25) is 0 Å². The van der Waals surface area contributed by atoms with Crippen LogP contribution >= 0.6 is 0 Å². The number of aromatic nitrogens is 3. The van der Waals surface area contributed by atoms with E-state index in [9.17, 15) is 13.2 Å². The summed E-state index contributed by atoms with van der Waals surface area (Å²) < 4.78 is 38.8. The molecule has 1 aliphatic rings. The Balaban J connectivity index is 1.72. The normalized spacial score (nSPS) is 20.6. The van der Waals surface area contributed by atoms with Crippen molar-refractivity contribution in [3.63, 3.8) is 0 Å². The molecule has 7 heteroatoms. The Bertz CT molecular complexity index is 974. The molecule has 1 N–H and O–H groups in total. The second-order valence-electron chi connectivity index (χ2n) is 6.66. The SMILES string of the molecule is C[C@H]1CCc2ccccc2C1/C=N/c1ncnc2[nH]c(C(F)(F)F)cc12. The number of alkyl halides is 3. The maximum atomic E-state index is 12.9. The molecular weight excluding hydrogens is 341 g/mol. The van der Waals surface area contributed by atoms with Gasteiger partial charge < -0.3 is 4.98 Å². The average molecular weight is 358 g/mol. The Labute approximate surface area is 148 Å². The van der Waals surface area contributed by atoms with Crippen molar-refractivity contribution in [3.05, 3.63) is 53.5 Å². The van der Waals surface area contributed by atoms with Crippen molar-refractivity contribution in [2.75, 3.05) is 0 Å². The number of nitrogens with one attached hydrogen (secondary N) is 1. The fourth-order valence-electron chi connectivity index (χ4n) is 3.52. The first-order chi connectivity index (χ1) is 12.4. The predicted molar refractivity (Wildman–Crippen MR) is 93.7 cm³/mol. The summed E-state index contributed by atoms with van der Waals surface area (Å²) in [6.07, 6.45) is 0.661. The molecule has 26 heavy (non-hydrogen) atoms. The van der Waals surface area contributed by atoms with Crippen molar-refractivity contribution in [2.45, 2.75) is 31.9 Å². The van der Waals surface area contributed by atoms with Crippen LogP contribution in [-0.4, -0.2) is 21.2 Å². The lowest BCUT2D eigenvalue weighted by molar-refractivity contribution is -0.140. The highest BCUT2D eigenvalue weighted by atomic mass is 19.4. The highest BCUT2D eigenvalue weighted by Gasteiger charge is 2.33. The van der Waals surface area contributed by atoms with Crippen molar-refractivity contribution < 1.29 is 13.2 Å². The van der Waals surface area contributed by atoms with Gasteiger partial charge in [-0.05, 0) is 36.0 Å². The van der Waals surface area contributed by atoms with Crippen LogP contribution < -0.4 is 0 Å². The first-order valence-electron chi connectivity index (χ1n) is 8.46. The van der Waals surface area contributed by atoms with Gasteiger partial charge in [-0.1, -0.05) is 31.2 Å². The van der Waals surface area contributed by atoms with Crippen LogP contribution in [-0.2, 0) is 12.6 Å². The van der Waals surface area contributed by atoms with Gasteiger partial charge in [-0.2, -0.15) is 13.2 Å². The molecule has 0 saturated carbocycles. The molecule has 3 aromatic rings. The Morgan fingerprint density at radius 1 is 1.23 bits per heavy atom. The molecule has 1 unspecified atom stereocenters. The highest BCUT2D eigenvalue weighted by molar-refractivity contribution is 5.88. The van der Waals surface area contributed by atoms with Crippen LogP contribution in [0.3, 0.4) is 0 Å². The zero-order chi connectivity index (χ0) is 18.3. The lowest BCUT2D eigenvalue weighted by atomic mass is 9.76. The molecule has 2 atom stereocenters. The minimum absolute atomic E-state index is 0.117. The van der Waals surface area contributed by atoms with Gasteiger partial charge in [-0.15, -0.1) is 0 Å². The molecule has 0 fully saturated rings. The van der Waals surface area contributed by atoms with Crippen LogP contribution in [0.1, 0.15) is 36.1 Å². The third-order valence-electron chi connectivity index (χ3n) is 4.96. The average Bonchev–Trinajstić information content (AvgIpc) is 3.06. The summed E-state index contributed by atoms with van der Waals surface area (Å²) in [6.45, 7) is 2.17. The zero-order valence-corrected chi connectivity index (χ0v) is 14.1. The highest BCUT2D eigenvalue weighted by Crippen LogP contribution is 2.36. The maximum absolute atomic E-state index is 12.9. The molecule has 0 radical (unpaired) electrons. The molecule has 0 aliphatic heterocycles. The van der Waals surface area contributed by atoms with E-state index in [-0.39, 0.29) is 22.8 Å². The number of fused-ring (bicyclic) bond motifs is 2. The van der Waals surface area contributed by atoms with E-state index in [2.05, 4.69) is 39.0 Å². The van der Waals surface area contributed by atoms with Crippen LogP contribution in [0.2, 0.25) is 0 Å². The summed E-state index contributed by atoms with van der Waals surface area (Å²) in [5, 5.41) is 0.271. The van der Waals surface area contributed by atoms with E-state index >= 15 is 0 Å². The molecule has 2 aromatic heterocycles. The third kappa shape index (κ3) is 2.98. The number of H-pyrrole nitrogens is 1. The molecule has 0 saturated heterocycles. The van der Waals surface area contributed by atoms with E-state index < -0.39 is 11.9 Å². The van der Waals surface area contributed by atoms with Crippen LogP contribution in [0.15, 0.2) is 41.7 Å². The summed E-state index contributed by atoms with van der Waals surface area (Å²) in [7, 11) is 0. The van der Waals surface area contributed by atoms with Crippen molar-refractivity contribution in [1.82, 2.24) is 15.0 Å². The van der Waals surface area contributed by atoms with Gasteiger partial charge in [0.25, 0.3) is 0 Å². The molecule has 0 spiro atoms. The first kappa shape index (κ1) is 16.8. The van der Waals surface area contributed by atoms with Crippen molar-refractivity contribution in [2.24, 2.45) is 10.9 Å². The van der Waals surface area contributed by atoms with E-state index in [4.69, 9.17) is 0 Å². The van der Waals surface area contributed by atoms with Gasteiger partial charge >= 0.3 is 6.18 Å². The minimum atomic E-state index is -4.46. The number of hydrogen-bond donors (Lipinski definition) is 1. The Morgan fingerprint density at radius 3 is 2.85 bits per heavy atom. The van der Waals surface area contributed by atoms with E-state index in [1.165, 1.54) is 17.5 Å². The molecule has 2 heterocycles. The number of halogens is 3. The van der Waals surface area contributed by atoms with Gasteiger partial charge in [0.05, 0.1) is 5.39 Å². The Kier molecular flexibility index (Phi) is 4.01. The van der Waals surface area contributed by atoms with Gasteiger partial charge in [-0.25, -0.2) is 15.0 Å². The summed E-state index contributed by atoms with van der Waals surface area (Å²) in [6, 6.07) is 9.25. The Hall–Kier alpha value is -2.70. The summed E-state index contributed by atoms with van der Waals surface area (Å²) in [5.74, 6) is 0.769. The second-order valence-corrected chi connectivity index (χ2v) is 6.66. The number of aliphatic imine (C=N–C) groups is 1. The van der Waals surface area contributed by atoms with Gasteiger partial charge in [0.1, 0.15) is 17.7 Å². The van der Waals surface area contributed by atoms with Crippen LogP contribution in [0.25, 0.3) is 11.0 Å². The lowest BCUT2D eigenvalue weighted by Crippen LogP contribution is -2.19. The smallest absolute Gasteiger partial charge is 0.336 e. The molecule has 1 aromatic carbocycles. The van der Waals surface area contributed by atoms with Crippen molar-refractivity contribution >= 4 is 23.1 Å². The molecule has 0 bridgehead atoms. The fraction of sp³-hybridized carbons (Fsp3) is 0.316. The molecule has 1 aliphatic carbocycles. The van der Waals surface area contributed by atoms with E-state index in [0.717, 1.165) is 18.9 Å². The molecule has 134 valence electrons. The zero-order valence-electron chi connectivity index (χ0n) is 14.1. The van der Waals surface area contributed by atoms with Gasteiger partial charge in [0.15, 0.2) is 5.82 Å². The number of aryl methyl sites for hydroxylation is 1. The van der Waals surface area contributed by atoms with Crippen LogP contribution in [0.4, 0.5) is 19.0 Å². The molecule has 0 amide bonds. The largest absolute Gasteiger partial charge is 0.431 e. The van der Waals surface area contributed by atoms with Crippen molar-refractivity contribution in [3.8, 4) is 0 Å². The third-order valence-corrected chi connectivity index (χ3v) is 4.96. The van der Waals surface area contributed by atoms with E-state index in [0.29, 0.717) is 5.92 Å². The van der Waals surface area contributed by atoms with Gasteiger partial charge in [-0.3, -0.25) is 0 Å². The lowest BCUT2D eigenvalue weighted by Gasteiger charge is -2.28. The van der Waals surface area contributed by atoms with E-state index in [1.807, 2.05) is 18.3 Å². The summed E-state index contributed by atoms with van der Waals surface area (Å²) >= 11 is 0. The standard InChI is InChI=1S/C19H17F3N4/c1-11-6-7-12-4-2-3-5-13(12)15(11)9-23-17-14-8-16(19(20,21)22)26-18(14)25-10-24-17/h2-5,8-11,15H,6-7H2,1H3,(H,24,25,26)/b23-9+/t11-,15?/m0/s1. The van der Waals surface area contributed by atoms with E-state index in [1.54, 1.807) is 0 Å². The first-order valence-corrected chi connectivity index (χ1v) is 8.46. The molecule has 4 rings (SSSR count). The predicted octanol–water partition coefficient (Wildman–Crippen LogP) is 5.05. The van der Waals surface area contributed by atoms with Gasteiger partial charge in [0, 0.05) is 12.1 Å². The monoisotopic (exact) mass is 358 g/mol. The molecular formula is C19H17F3N4. The second kappa shape index (κ2) is 6.23. The number of benzene rings is 1. The topological polar surface area (TPSA) is 53.9 Å². The fourth-order valence-corrected chi connectivity index (χ4v) is 3.52. The Morgan fingerprint density at radius 2 is 2.04 bits per heavy atom. The maximum Gasteiger partial charge on any atom is 0.431 e. The number of rotatable bonds is 2. The quantitative estimate of drug-likeness (QED) is 0.652. The summed E-state index contributed by atoms with van der Waals surface area (Å²) in [5.41, 5.74) is 1.82. The summed E-state index contributed by atoms with van der Waals surface area (Å²) in [4.78, 5) is 14.7.